The van der Waals surface area contributed by atoms with E-state index in [0.717, 1.165) is 4.47 Å². The molecule has 106 valence electrons. The monoisotopic (exact) mass is 494 g/mol. The van der Waals surface area contributed by atoms with E-state index in [0.29, 0.717) is 5.25 Å². The van der Waals surface area contributed by atoms with Gasteiger partial charge in [0.15, 0.2) is 0 Å². The molecule has 0 amide bonds. The molecule has 4 rings (SSSR count). The van der Waals surface area contributed by atoms with E-state index in [-0.39, 0.29) is 63.4 Å². The van der Waals surface area contributed by atoms with Crippen molar-refractivity contribution in [2.24, 2.45) is 0 Å². The summed E-state index contributed by atoms with van der Waals surface area (Å²) in [7, 11) is 0. The van der Waals surface area contributed by atoms with Crippen molar-refractivity contribution in [1.82, 2.24) is 0 Å². The van der Waals surface area contributed by atoms with E-state index in [1.807, 2.05) is 17.8 Å². The van der Waals surface area contributed by atoms with Crippen LogP contribution >= 0.6 is 27.7 Å². The van der Waals surface area contributed by atoms with Crippen LogP contribution in [0.3, 0.4) is 0 Å². The average Bonchev–Trinajstić information content (AvgIpc) is 2.84. The standard InChI is InChI=1S/C15H8BrS.3ClH.Zr/c16-10-5-6-11-9(7-10)8-13-12-3-1-2-4-14(12)17-15(11)13;;;;/h1-2,4-8,15H;3*1H;/q-1;;;;+4/p-3. The second kappa shape index (κ2) is 8.57. The van der Waals surface area contributed by atoms with E-state index in [1.165, 1.54) is 27.2 Å². The first-order valence-corrected chi connectivity index (χ1v) is 7.19. The first kappa shape index (κ1) is 21.8. The fraction of sp³-hybridized carbons (Fsp3) is 0.0667. The second-order valence-electron chi connectivity index (χ2n) is 4.28. The van der Waals surface area contributed by atoms with Gasteiger partial charge in [-0.15, -0.1) is 35.4 Å². The van der Waals surface area contributed by atoms with Gasteiger partial charge >= 0.3 is 26.2 Å². The molecule has 21 heavy (non-hydrogen) atoms. The topological polar surface area (TPSA) is 0 Å². The average molecular weight is 498 g/mol. The van der Waals surface area contributed by atoms with Crippen molar-refractivity contribution in [1.29, 1.82) is 0 Å². The third kappa shape index (κ3) is 3.65. The molecule has 0 bridgehead atoms. The van der Waals surface area contributed by atoms with Gasteiger partial charge in [-0.1, -0.05) is 33.0 Å². The summed E-state index contributed by atoms with van der Waals surface area (Å²) in [5.41, 5.74) is 5.47. The molecule has 0 aromatic heterocycles. The van der Waals surface area contributed by atoms with Crippen LogP contribution < -0.4 is 37.2 Å². The van der Waals surface area contributed by atoms with Crippen LogP contribution in [0.2, 0.25) is 0 Å². The molecule has 1 atom stereocenters. The minimum absolute atomic E-state index is 0. The van der Waals surface area contributed by atoms with Gasteiger partial charge in [-0.25, -0.2) is 0 Å². The fourth-order valence-electron chi connectivity index (χ4n) is 2.52. The van der Waals surface area contributed by atoms with Crippen LogP contribution in [0.15, 0.2) is 45.8 Å². The molecule has 1 unspecified atom stereocenters. The van der Waals surface area contributed by atoms with Gasteiger partial charge < -0.3 is 37.2 Å². The molecule has 1 aliphatic carbocycles. The minimum Gasteiger partial charge on any atom is -1.00 e. The summed E-state index contributed by atoms with van der Waals surface area (Å²) >= 11 is 5.47. The number of thioether (sulfide) groups is 1. The van der Waals surface area contributed by atoms with Gasteiger partial charge in [0.2, 0.25) is 0 Å². The predicted octanol–water partition coefficient (Wildman–Crippen LogP) is -4.04. The summed E-state index contributed by atoms with van der Waals surface area (Å²) in [6, 6.07) is 16.2. The maximum absolute atomic E-state index is 3.53. The Balaban J connectivity index is 0.000001000. The van der Waals surface area contributed by atoms with Crippen LogP contribution in [0.25, 0.3) is 11.6 Å². The van der Waals surface area contributed by atoms with E-state index in [4.69, 9.17) is 0 Å². The predicted molar refractivity (Wildman–Crippen MR) is 75.9 cm³/mol. The third-order valence-corrected chi connectivity index (χ3v) is 5.11. The zero-order chi connectivity index (χ0) is 11.4. The molecule has 0 saturated carbocycles. The Kier molecular flexibility index (Phi) is 8.88. The Hall–Kier alpha value is 0.763. The molecule has 0 nitrogen and oxygen atoms in total. The molecule has 1 heterocycles. The van der Waals surface area contributed by atoms with Crippen LogP contribution in [0.4, 0.5) is 0 Å². The number of hydrogen-bond donors (Lipinski definition) is 0. The molecule has 0 saturated heterocycles. The summed E-state index contributed by atoms with van der Waals surface area (Å²) in [5, 5.41) is 0.478. The number of fused-ring (bicyclic) bond motifs is 5. The van der Waals surface area contributed by atoms with Gasteiger partial charge in [0.25, 0.3) is 0 Å². The normalized spacial score (nSPS) is 15.9. The Morgan fingerprint density at radius 3 is 2.62 bits per heavy atom. The summed E-state index contributed by atoms with van der Waals surface area (Å²) in [6.07, 6.45) is 2.31. The first-order valence-electron chi connectivity index (χ1n) is 5.52. The molecule has 2 aliphatic rings. The van der Waals surface area contributed by atoms with Crippen molar-refractivity contribution in [3.63, 3.8) is 0 Å². The zero-order valence-electron chi connectivity index (χ0n) is 10.5. The molecule has 2 aromatic rings. The van der Waals surface area contributed by atoms with Crippen molar-refractivity contribution >= 4 is 39.3 Å². The largest absolute Gasteiger partial charge is 4.00 e. The number of hydrogen-bond acceptors (Lipinski definition) is 1. The molecular weight excluding hydrogens is 490 g/mol. The number of rotatable bonds is 0. The van der Waals surface area contributed by atoms with E-state index in [1.54, 1.807) is 0 Å². The van der Waals surface area contributed by atoms with E-state index in [9.17, 15) is 0 Å². The third-order valence-electron chi connectivity index (χ3n) is 3.28. The summed E-state index contributed by atoms with van der Waals surface area (Å²) in [4.78, 5) is 1.36. The Morgan fingerprint density at radius 2 is 1.86 bits per heavy atom. The van der Waals surface area contributed by atoms with Crippen molar-refractivity contribution in [3.05, 3.63) is 63.6 Å². The summed E-state index contributed by atoms with van der Waals surface area (Å²) in [6.45, 7) is 0. The van der Waals surface area contributed by atoms with E-state index in [2.05, 4.69) is 58.4 Å². The molecule has 0 N–H and O–H groups in total. The molecule has 0 spiro atoms. The summed E-state index contributed by atoms with van der Waals surface area (Å²) < 4.78 is 1.15. The van der Waals surface area contributed by atoms with Crippen molar-refractivity contribution in [3.8, 4) is 0 Å². The molecule has 0 radical (unpaired) electrons. The van der Waals surface area contributed by atoms with Gasteiger partial charge in [0.1, 0.15) is 0 Å². The Morgan fingerprint density at radius 1 is 1.10 bits per heavy atom. The second-order valence-corrected chi connectivity index (χ2v) is 6.34. The van der Waals surface area contributed by atoms with Crippen molar-refractivity contribution in [2.45, 2.75) is 10.1 Å². The maximum Gasteiger partial charge on any atom is 4.00 e. The SMILES string of the molecule is Brc1ccc2c(c1)C=C1c3[c-]cccc3SC12.[Cl-].[Cl-].[Cl-].[Zr+4]. The Labute approximate surface area is 175 Å². The molecule has 1 aliphatic heterocycles. The molecule has 2 aromatic carbocycles. The van der Waals surface area contributed by atoms with Crippen LogP contribution in [0.1, 0.15) is 21.9 Å². The van der Waals surface area contributed by atoms with Gasteiger partial charge in [0, 0.05) is 9.72 Å². The Bertz CT molecular complexity index is 676. The van der Waals surface area contributed by atoms with E-state index >= 15 is 0 Å². The van der Waals surface area contributed by atoms with Crippen molar-refractivity contribution < 1.29 is 63.4 Å². The van der Waals surface area contributed by atoms with Crippen molar-refractivity contribution in [2.75, 3.05) is 0 Å². The van der Waals surface area contributed by atoms with Gasteiger partial charge in [-0.05, 0) is 23.3 Å². The van der Waals surface area contributed by atoms with Crippen LogP contribution in [0, 0.1) is 6.07 Å². The van der Waals surface area contributed by atoms with Crippen LogP contribution in [-0.2, 0) is 26.2 Å². The quantitative estimate of drug-likeness (QED) is 0.334. The molecule has 6 heteroatoms. The first-order chi connectivity index (χ1) is 8.33. The number of benzene rings is 2. The van der Waals surface area contributed by atoms with Gasteiger partial charge in [-0.3, -0.25) is 0 Å². The minimum atomic E-state index is 0. The van der Waals surface area contributed by atoms with Crippen LogP contribution in [-0.4, -0.2) is 0 Å². The van der Waals surface area contributed by atoms with Gasteiger partial charge in [-0.2, -0.15) is 11.8 Å². The smallest absolute Gasteiger partial charge is 1.00 e. The zero-order valence-corrected chi connectivity index (χ0v) is 17.7. The van der Waals surface area contributed by atoms with Gasteiger partial charge in [0.05, 0.1) is 0 Å². The maximum atomic E-state index is 3.53. The number of halogens is 4. The van der Waals surface area contributed by atoms with Crippen LogP contribution in [0.5, 0.6) is 0 Å². The fourth-order valence-corrected chi connectivity index (χ4v) is 4.26. The molecule has 0 fully saturated rings. The van der Waals surface area contributed by atoms with E-state index < -0.39 is 0 Å². The summed E-state index contributed by atoms with van der Waals surface area (Å²) in [5.74, 6) is 0. The molecular formula is C15H8BrCl3SZr.